The number of carbonyl (C=O) groups is 1. The van der Waals surface area contributed by atoms with Gasteiger partial charge >= 0.3 is 0 Å². The van der Waals surface area contributed by atoms with Crippen molar-refractivity contribution >= 4 is 11.6 Å². The van der Waals surface area contributed by atoms with Gasteiger partial charge in [-0.15, -0.1) is 0 Å². The summed E-state index contributed by atoms with van der Waals surface area (Å²) in [4.78, 5) is 18.7. The summed E-state index contributed by atoms with van der Waals surface area (Å²) in [5.41, 5.74) is 4.57. The Morgan fingerprint density at radius 1 is 1.14 bits per heavy atom. The molecule has 0 aliphatic carbocycles. The second kappa shape index (κ2) is 15.0. The van der Waals surface area contributed by atoms with E-state index in [1.807, 2.05) is 26.8 Å². The topological polar surface area (TPSA) is 44.7 Å². The van der Waals surface area contributed by atoms with Gasteiger partial charge in [0.25, 0.3) is 0 Å². The summed E-state index contributed by atoms with van der Waals surface area (Å²) in [7, 11) is 4.13. The van der Waals surface area contributed by atoms with E-state index < -0.39 is 11.6 Å². The van der Waals surface area contributed by atoms with Crippen LogP contribution in [-0.2, 0) is 11.2 Å². The Morgan fingerprint density at radius 3 is 2.40 bits per heavy atom. The zero-order valence-electron chi connectivity index (χ0n) is 22.1. The van der Waals surface area contributed by atoms with Crippen molar-refractivity contribution in [3.05, 3.63) is 94.4 Å². The number of aliphatic imine (C=N–C) groups is 1. The Balaban J connectivity index is 2.89. The summed E-state index contributed by atoms with van der Waals surface area (Å²) in [6.07, 6.45) is 9.44. The number of hydrogen-bond acceptors (Lipinski definition) is 3. The quantitative estimate of drug-likeness (QED) is 0.156. The van der Waals surface area contributed by atoms with E-state index in [1.54, 1.807) is 12.3 Å². The van der Waals surface area contributed by atoms with Crippen LogP contribution in [0.5, 0.6) is 0 Å². The van der Waals surface area contributed by atoms with Gasteiger partial charge in [-0.3, -0.25) is 4.79 Å². The Hall–Kier alpha value is -3.12. The van der Waals surface area contributed by atoms with Crippen LogP contribution in [0.3, 0.4) is 0 Å². The molecule has 0 aliphatic rings. The van der Waals surface area contributed by atoms with E-state index in [4.69, 9.17) is 0 Å². The van der Waals surface area contributed by atoms with E-state index in [-0.39, 0.29) is 17.8 Å². The standard InChI is InChI=1S/C29H39F2N3O/c1-9-28(16-22(4)21(3)11-10-14-34(7)8)33-24(6)32-19-20(2)15-26(23(5)35)17-25-12-13-27(30)18-29(25)31/h9,12-13,15-16,18-19H,3,10-11,14,17H2,1-2,4-8H3,(H,32,33)/b20-19+,22-16-,26-15-,28-9+. The summed E-state index contributed by atoms with van der Waals surface area (Å²) in [6.45, 7) is 14.3. The van der Waals surface area contributed by atoms with Gasteiger partial charge in [0.1, 0.15) is 17.5 Å². The van der Waals surface area contributed by atoms with Gasteiger partial charge in [0, 0.05) is 24.4 Å². The lowest BCUT2D eigenvalue weighted by molar-refractivity contribution is -0.113. The molecule has 0 saturated carbocycles. The molecule has 0 spiro atoms. The fourth-order valence-corrected chi connectivity index (χ4v) is 3.23. The zero-order valence-corrected chi connectivity index (χ0v) is 22.1. The molecule has 1 aromatic carbocycles. The van der Waals surface area contributed by atoms with Crippen LogP contribution in [-0.4, -0.2) is 37.2 Å². The number of allylic oxidation sites excluding steroid dienone is 7. The monoisotopic (exact) mass is 483 g/mol. The van der Waals surface area contributed by atoms with Crippen LogP contribution in [0.2, 0.25) is 0 Å². The minimum Gasteiger partial charge on any atom is -0.344 e. The van der Waals surface area contributed by atoms with Gasteiger partial charge in [-0.1, -0.05) is 30.4 Å². The van der Waals surface area contributed by atoms with Crippen LogP contribution in [0, 0.1) is 11.6 Å². The van der Waals surface area contributed by atoms with Crippen LogP contribution in [0.1, 0.15) is 53.0 Å². The second-order valence-corrected chi connectivity index (χ2v) is 8.93. The maximum Gasteiger partial charge on any atom is 0.156 e. The SMILES string of the molecule is C=C(CCCN(C)C)/C(C)=C\C(=C/C)NC(C)=N/C=C(C)/C=C(/Cc1ccc(F)cc1F)C(C)=O. The molecule has 0 atom stereocenters. The molecule has 0 aromatic heterocycles. The van der Waals surface area contributed by atoms with Gasteiger partial charge in [0.2, 0.25) is 0 Å². The van der Waals surface area contributed by atoms with Crippen LogP contribution in [0.15, 0.2) is 82.2 Å². The van der Waals surface area contributed by atoms with E-state index in [9.17, 15) is 13.6 Å². The van der Waals surface area contributed by atoms with E-state index in [2.05, 4.69) is 48.9 Å². The van der Waals surface area contributed by atoms with Gasteiger partial charge in [-0.25, -0.2) is 13.8 Å². The molecule has 4 nitrogen and oxygen atoms in total. The Kier molecular flexibility index (Phi) is 12.8. The van der Waals surface area contributed by atoms with E-state index in [0.717, 1.165) is 47.9 Å². The first-order chi connectivity index (χ1) is 16.4. The normalized spacial score (nSPS) is 13.9. The number of benzene rings is 1. The highest BCUT2D eigenvalue weighted by atomic mass is 19.1. The van der Waals surface area contributed by atoms with Crippen molar-refractivity contribution in [3.63, 3.8) is 0 Å². The molecule has 0 aliphatic heterocycles. The maximum absolute atomic E-state index is 14.0. The average molecular weight is 484 g/mol. The molecule has 0 amide bonds. The van der Waals surface area contributed by atoms with Crippen molar-refractivity contribution in [2.24, 2.45) is 4.99 Å². The van der Waals surface area contributed by atoms with Crippen LogP contribution in [0.25, 0.3) is 0 Å². The third kappa shape index (κ3) is 11.7. The molecular formula is C29H39F2N3O. The highest BCUT2D eigenvalue weighted by Crippen LogP contribution is 2.17. The minimum absolute atomic E-state index is 0.0821. The van der Waals surface area contributed by atoms with Gasteiger partial charge in [-0.2, -0.15) is 0 Å². The molecular weight excluding hydrogens is 444 g/mol. The fraction of sp³-hybridized carbons (Fsp3) is 0.379. The number of rotatable bonds is 12. The Morgan fingerprint density at radius 2 is 1.83 bits per heavy atom. The van der Waals surface area contributed by atoms with Crippen LogP contribution >= 0.6 is 0 Å². The zero-order chi connectivity index (χ0) is 26.5. The van der Waals surface area contributed by atoms with Crippen LogP contribution < -0.4 is 5.32 Å². The minimum atomic E-state index is -0.667. The first-order valence-corrected chi connectivity index (χ1v) is 11.7. The second-order valence-electron chi connectivity index (χ2n) is 8.93. The number of hydrogen-bond donors (Lipinski definition) is 1. The van der Waals surface area contributed by atoms with Crippen molar-refractivity contribution in [3.8, 4) is 0 Å². The molecule has 0 unspecified atom stereocenters. The summed E-state index contributed by atoms with van der Waals surface area (Å²) >= 11 is 0. The first-order valence-electron chi connectivity index (χ1n) is 11.7. The highest BCUT2D eigenvalue weighted by molar-refractivity contribution is 5.94. The molecule has 1 aromatic rings. The number of halogens is 2. The van der Waals surface area contributed by atoms with Gasteiger partial charge < -0.3 is 10.2 Å². The van der Waals surface area contributed by atoms with Crippen molar-refractivity contribution in [2.45, 2.75) is 53.9 Å². The van der Waals surface area contributed by atoms with Crippen LogP contribution in [0.4, 0.5) is 8.78 Å². The average Bonchev–Trinajstić information content (AvgIpc) is 2.77. The lowest BCUT2D eigenvalue weighted by Gasteiger charge is -2.12. The molecule has 0 bridgehead atoms. The summed E-state index contributed by atoms with van der Waals surface area (Å²) in [5.74, 6) is -0.809. The van der Waals surface area contributed by atoms with Crippen molar-refractivity contribution in [1.82, 2.24) is 10.2 Å². The largest absolute Gasteiger partial charge is 0.344 e. The summed E-state index contributed by atoms with van der Waals surface area (Å²) < 4.78 is 27.2. The van der Waals surface area contributed by atoms with E-state index in [1.165, 1.54) is 19.1 Å². The molecule has 6 heteroatoms. The third-order valence-electron chi connectivity index (χ3n) is 5.36. The fourth-order valence-electron chi connectivity index (χ4n) is 3.23. The molecule has 1 N–H and O–H groups in total. The molecule has 1 rings (SSSR count). The van der Waals surface area contributed by atoms with Crippen molar-refractivity contribution in [2.75, 3.05) is 20.6 Å². The van der Waals surface area contributed by atoms with Crippen molar-refractivity contribution < 1.29 is 13.6 Å². The Labute approximate surface area is 209 Å². The summed E-state index contributed by atoms with van der Waals surface area (Å²) in [5, 5.41) is 3.28. The molecule has 0 fully saturated rings. The first kappa shape index (κ1) is 29.9. The number of amidine groups is 1. The maximum atomic E-state index is 14.0. The highest BCUT2D eigenvalue weighted by Gasteiger charge is 2.10. The van der Waals surface area contributed by atoms with E-state index >= 15 is 0 Å². The van der Waals surface area contributed by atoms with Crippen molar-refractivity contribution in [1.29, 1.82) is 0 Å². The molecule has 35 heavy (non-hydrogen) atoms. The predicted octanol–water partition coefficient (Wildman–Crippen LogP) is 6.68. The molecule has 0 saturated heterocycles. The predicted molar refractivity (Wildman–Crippen MR) is 143 cm³/mol. The molecule has 190 valence electrons. The lowest BCUT2D eigenvalue weighted by atomic mass is 10.00. The molecule has 0 radical (unpaired) electrons. The van der Waals surface area contributed by atoms with Gasteiger partial charge in [-0.05, 0) is 103 Å². The Bertz CT molecular complexity index is 1060. The number of nitrogens with one attached hydrogen (secondary N) is 1. The van der Waals surface area contributed by atoms with E-state index in [0.29, 0.717) is 11.4 Å². The third-order valence-corrected chi connectivity index (χ3v) is 5.36. The number of Topliss-reactive ketones (excluding diaryl/α,β-unsaturated/α-hetero) is 1. The van der Waals surface area contributed by atoms with Gasteiger partial charge in [0.15, 0.2) is 5.78 Å². The smallest absolute Gasteiger partial charge is 0.156 e. The number of nitrogens with zero attached hydrogens (tertiary/aromatic N) is 2. The molecule has 0 heterocycles. The lowest BCUT2D eigenvalue weighted by Crippen LogP contribution is -2.18. The number of ketones is 1. The van der Waals surface area contributed by atoms with Gasteiger partial charge in [0.05, 0.1) is 0 Å². The summed E-state index contributed by atoms with van der Waals surface area (Å²) in [6, 6.07) is 3.37. The number of carbonyl (C=O) groups excluding carboxylic acids is 1.